The number of carbonyl (C=O) groups excluding carboxylic acids is 1. The number of hydrogen-bond acceptors (Lipinski definition) is 1. The minimum Gasteiger partial charge on any atom is -0.281 e. The molecule has 12 heavy (non-hydrogen) atoms. The first-order valence-electron chi connectivity index (χ1n) is 4.66. The van der Waals surface area contributed by atoms with E-state index in [-0.39, 0.29) is 11.2 Å². The van der Waals surface area contributed by atoms with Crippen molar-refractivity contribution in [2.75, 3.05) is 0 Å². The Balaban J connectivity index is 2.03. The number of rotatable bonds is 1. The molecule has 2 aliphatic rings. The number of hydrogen-bond donors (Lipinski definition) is 0. The van der Waals surface area contributed by atoms with Crippen molar-refractivity contribution in [1.29, 1.82) is 0 Å². The van der Waals surface area contributed by atoms with E-state index in [1.54, 1.807) is 0 Å². The third kappa shape index (κ3) is 1.42. The first kappa shape index (κ1) is 8.31. The predicted molar refractivity (Wildman–Crippen MR) is 48.9 cm³/mol. The van der Waals surface area contributed by atoms with Crippen LogP contribution in [0.5, 0.6) is 0 Å². The van der Waals surface area contributed by atoms with Gasteiger partial charge in [0, 0.05) is 5.92 Å². The second kappa shape index (κ2) is 3.21. The minimum atomic E-state index is -0.128. The number of allylic oxidation sites excluding steroid dienone is 2. The number of carbonyl (C=O) groups is 1. The van der Waals surface area contributed by atoms with E-state index >= 15 is 0 Å². The summed E-state index contributed by atoms with van der Waals surface area (Å²) in [5.74, 6) is 1.21. The van der Waals surface area contributed by atoms with E-state index in [4.69, 9.17) is 11.6 Å². The molecular formula is C10H13ClO. The van der Waals surface area contributed by atoms with Crippen LogP contribution in [-0.2, 0) is 4.79 Å². The van der Waals surface area contributed by atoms with Gasteiger partial charge in [0.05, 0.1) is 0 Å². The molecule has 1 nitrogen and oxygen atoms in total. The Morgan fingerprint density at radius 3 is 3.00 bits per heavy atom. The zero-order chi connectivity index (χ0) is 8.55. The summed E-state index contributed by atoms with van der Waals surface area (Å²) < 4.78 is 0. The molecule has 1 saturated carbocycles. The standard InChI is InChI=1S/C10H13ClO/c11-10(12)9-7-5-3-1-2-4-6-8(7)9/h3,5,7-9H,1-2,4,6H2/b5-3-/t7-,8+,9+/m0/s1. The normalized spacial score (nSPS) is 42.2. The molecule has 0 unspecified atom stereocenters. The molecule has 3 atom stereocenters. The van der Waals surface area contributed by atoms with Crippen molar-refractivity contribution in [1.82, 2.24) is 0 Å². The molecule has 0 N–H and O–H groups in total. The largest absolute Gasteiger partial charge is 0.281 e. The van der Waals surface area contributed by atoms with Crippen LogP contribution in [0, 0.1) is 17.8 Å². The molecule has 2 aliphatic carbocycles. The van der Waals surface area contributed by atoms with Gasteiger partial charge in [0.25, 0.3) is 0 Å². The van der Waals surface area contributed by atoms with Gasteiger partial charge in [0.2, 0.25) is 5.24 Å². The van der Waals surface area contributed by atoms with Gasteiger partial charge in [0.15, 0.2) is 0 Å². The van der Waals surface area contributed by atoms with Crippen LogP contribution in [0.2, 0.25) is 0 Å². The Labute approximate surface area is 77.8 Å². The van der Waals surface area contributed by atoms with Crippen molar-refractivity contribution < 1.29 is 4.79 Å². The van der Waals surface area contributed by atoms with E-state index in [0.717, 1.165) is 0 Å². The average Bonchev–Trinajstić information content (AvgIpc) is 2.60. The van der Waals surface area contributed by atoms with Crippen LogP contribution < -0.4 is 0 Å². The van der Waals surface area contributed by atoms with Gasteiger partial charge in [-0.25, -0.2) is 0 Å². The van der Waals surface area contributed by atoms with E-state index in [1.807, 2.05) is 0 Å². The molecule has 0 aromatic carbocycles. The van der Waals surface area contributed by atoms with Gasteiger partial charge in [-0.15, -0.1) is 0 Å². The fourth-order valence-corrected chi connectivity index (χ4v) is 2.56. The topological polar surface area (TPSA) is 17.1 Å². The van der Waals surface area contributed by atoms with Gasteiger partial charge >= 0.3 is 0 Å². The van der Waals surface area contributed by atoms with Crippen LogP contribution in [0.3, 0.4) is 0 Å². The highest BCUT2D eigenvalue weighted by Gasteiger charge is 2.51. The Morgan fingerprint density at radius 1 is 1.42 bits per heavy atom. The molecule has 0 radical (unpaired) electrons. The lowest BCUT2D eigenvalue weighted by molar-refractivity contribution is -0.113. The van der Waals surface area contributed by atoms with Crippen LogP contribution >= 0.6 is 11.6 Å². The molecule has 0 bridgehead atoms. The maximum Gasteiger partial charge on any atom is 0.225 e. The molecule has 2 rings (SSSR count). The van der Waals surface area contributed by atoms with Crippen LogP contribution in [0.15, 0.2) is 12.2 Å². The summed E-state index contributed by atoms with van der Waals surface area (Å²) in [6.07, 6.45) is 9.28. The van der Waals surface area contributed by atoms with E-state index < -0.39 is 0 Å². The summed E-state index contributed by atoms with van der Waals surface area (Å²) in [5, 5.41) is -0.128. The van der Waals surface area contributed by atoms with Gasteiger partial charge in [0.1, 0.15) is 0 Å². The second-order valence-corrected chi connectivity index (χ2v) is 4.16. The molecule has 0 aromatic rings. The molecule has 2 heteroatoms. The third-order valence-electron chi connectivity index (χ3n) is 3.01. The van der Waals surface area contributed by atoms with E-state index in [0.29, 0.717) is 11.8 Å². The zero-order valence-corrected chi connectivity index (χ0v) is 7.76. The van der Waals surface area contributed by atoms with E-state index in [1.165, 1.54) is 25.7 Å². The average molecular weight is 185 g/mol. The Hall–Kier alpha value is -0.300. The molecule has 0 aromatic heterocycles. The van der Waals surface area contributed by atoms with Crippen molar-refractivity contribution in [2.24, 2.45) is 17.8 Å². The van der Waals surface area contributed by atoms with Crippen molar-refractivity contribution in [3.05, 3.63) is 12.2 Å². The maximum atomic E-state index is 10.9. The van der Waals surface area contributed by atoms with Gasteiger partial charge in [-0.3, -0.25) is 4.79 Å². The zero-order valence-electron chi connectivity index (χ0n) is 7.00. The molecule has 0 heterocycles. The van der Waals surface area contributed by atoms with Gasteiger partial charge < -0.3 is 0 Å². The van der Waals surface area contributed by atoms with Gasteiger partial charge in [-0.2, -0.15) is 0 Å². The summed E-state index contributed by atoms with van der Waals surface area (Å²) in [4.78, 5) is 10.9. The summed E-state index contributed by atoms with van der Waals surface area (Å²) in [6, 6.07) is 0. The van der Waals surface area contributed by atoms with E-state index in [9.17, 15) is 4.79 Å². The first-order valence-corrected chi connectivity index (χ1v) is 5.04. The van der Waals surface area contributed by atoms with Crippen molar-refractivity contribution in [3.8, 4) is 0 Å². The van der Waals surface area contributed by atoms with Crippen molar-refractivity contribution in [3.63, 3.8) is 0 Å². The summed E-state index contributed by atoms with van der Waals surface area (Å²) in [6.45, 7) is 0. The summed E-state index contributed by atoms with van der Waals surface area (Å²) in [5.41, 5.74) is 0. The van der Waals surface area contributed by atoms with Crippen molar-refractivity contribution in [2.45, 2.75) is 25.7 Å². The SMILES string of the molecule is O=C(Cl)[C@@H]1[C@H]2/C=C\CCCC[C@H]21. The molecule has 0 spiro atoms. The lowest BCUT2D eigenvalue weighted by Gasteiger charge is -1.99. The van der Waals surface area contributed by atoms with Crippen LogP contribution in [0.25, 0.3) is 0 Å². The number of halogens is 1. The molecule has 1 fully saturated rings. The lowest BCUT2D eigenvalue weighted by atomic mass is 10.1. The van der Waals surface area contributed by atoms with Crippen LogP contribution in [0.1, 0.15) is 25.7 Å². The fraction of sp³-hybridized carbons (Fsp3) is 0.700. The highest BCUT2D eigenvalue weighted by atomic mass is 35.5. The first-order chi connectivity index (χ1) is 5.80. The highest BCUT2D eigenvalue weighted by Crippen LogP contribution is 2.52. The second-order valence-electron chi connectivity index (χ2n) is 3.78. The predicted octanol–water partition coefficient (Wildman–Crippen LogP) is 2.74. The Morgan fingerprint density at radius 2 is 2.25 bits per heavy atom. The Kier molecular flexibility index (Phi) is 2.22. The minimum absolute atomic E-state index is 0.128. The molecule has 66 valence electrons. The van der Waals surface area contributed by atoms with Crippen molar-refractivity contribution >= 4 is 16.8 Å². The molecule has 0 saturated heterocycles. The summed E-state index contributed by atoms with van der Waals surface area (Å²) in [7, 11) is 0. The summed E-state index contributed by atoms with van der Waals surface area (Å²) >= 11 is 5.48. The molecular weight excluding hydrogens is 172 g/mol. The lowest BCUT2D eigenvalue weighted by Crippen LogP contribution is -1.92. The van der Waals surface area contributed by atoms with Gasteiger partial charge in [-0.1, -0.05) is 18.6 Å². The maximum absolute atomic E-state index is 10.9. The third-order valence-corrected chi connectivity index (χ3v) is 3.26. The van der Waals surface area contributed by atoms with Crippen LogP contribution in [-0.4, -0.2) is 5.24 Å². The van der Waals surface area contributed by atoms with E-state index in [2.05, 4.69) is 12.2 Å². The monoisotopic (exact) mass is 184 g/mol. The quantitative estimate of drug-likeness (QED) is 0.453. The number of fused-ring (bicyclic) bond motifs is 1. The van der Waals surface area contributed by atoms with Crippen LogP contribution in [0.4, 0.5) is 0 Å². The smallest absolute Gasteiger partial charge is 0.225 e. The molecule has 0 aliphatic heterocycles. The highest BCUT2D eigenvalue weighted by molar-refractivity contribution is 6.64. The Bertz CT molecular complexity index is 222. The van der Waals surface area contributed by atoms with Gasteiger partial charge in [-0.05, 0) is 42.7 Å². The molecule has 0 amide bonds. The fourth-order valence-electron chi connectivity index (χ4n) is 2.25.